The minimum absolute atomic E-state index is 0.104. The molecule has 10 heteroatoms. The van der Waals surface area contributed by atoms with E-state index in [0.717, 1.165) is 6.07 Å². The molecule has 172 valence electrons. The summed E-state index contributed by atoms with van der Waals surface area (Å²) in [5.41, 5.74) is -0.0854. The van der Waals surface area contributed by atoms with Crippen LogP contribution in [0.2, 0.25) is 0 Å². The number of halogens is 3. The highest BCUT2D eigenvalue weighted by Crippen LogP contribution is 2.35. The number of nitrogens with zero attached hydrogens (tertiary/aromatic N) is 2. The summed E-state index contributed by atoms with van der Waals surface area (Å²) in [5, 5.41) is 8.53. The van der Waals surface area contributed by atoms with Gasteiger partial charge in [0.25, 0.3) is 0 Å². The van der Waals surface area contributed by atoms with Gasteiger partial charge in [0.15, 0.2) is 5.82 Å². The summed E-state index contributed by atoms with van der Waals surface area (Å²) < 4.78 is 46.9. The summed E-state index contributed by atoms with van der Waals surface area (Å²) in [6.07, 6.45) is -3.33. The third-order valence-corrected chi connectivity index (χ3v) is 4.94. The zero-order valence-electron chi connectivity index (χ0n) is 18.2. The third-order valence-electron chi connectivity index (χ3n) is 4.94. The van der Waals surface area contributed by atoms with E-state index in [1.807, 2.05) is 20.8 Å². The number of carbonyl (C=O) groups is 2. The molecule has 0 aliphatic carbocycles. The molecule has 0 bridgehead atoms. The van der Waals surface area contributed by atoms with E-state index in [1.54, 1.807) is 13.0 Å². The fourth-order valence-corrected chi connectivity index (χ4v) is 3.41. The van der Waals surface area contributed by atoms with Gasteiger partial charge in [-0.25, -0.2) is 0 Å². The van der Waals surface area contributed by atoms with Crippen LogP contribution in [0.25, 0.3) is 17.3 Å². The first-order chi connectivity index (χ1) is 14.8. The standard InChI is InChI=1S/C22H25F3N4O3/c1-6-13-7-14(9-15(8-13)32-21(3,4)5)17-10-18(28-29(17)22(23,24)25)27-20(31)16-11-26-19(30)12(16)2/h6-10,12,16H,1,11H2,2-5H3,(H,26,30)(H,27,28,31)/t12-,16+/m1/s1. The Morgan fingerprint density at radius 1 is 1.28 bits per heavy atom. The lowest BCUT2D eigenvalue weighted by Gasteiger charge is -2.22. The second-order valence-corrected chi connectivity index (χ2v) is 8.63. The van der Waals surface area contributed by atoms with Crippen LogP contribution in [0.1, 0.15) is 33.3 Å². The molecular formula is C22H25F3N4O3. The Balaban J connectivity index is 2.00. The molecule has 2 atom stereocenters. The zero-order valence-corrected chi connectivity index (χ0v) is 18.2. The third kappa shape index (κ3) is 5.12. The number of benzene rings is 1. The maximum atomic E-state index is 13.7. The number of anilines is 1. The molecule has 2 aromatic rings. The molecule has 1 aliphatic rings. The van der Waals surface area contributed by atoms with Crippen molar-refractivity contribution in [3.63, 3.8) is 0 Å². The number of carbonyl (C=O) groups excluding carboxylic acids is 2. The van der Waals surface area contributed by atoms with Crippen molar-refractivity contribution in [2.75, 3.05) is 11.9 Å². The average Bonchev–Trinajstić information content (AvgIpc) is 3.24. The van der Waals surface area contributed by atoms with Gasteiger partial charge in [-0.2, -0.15) is 4.68 Å². The van der Waals surface area contributed by atoms with Crippen molar-refractivity contribution >= 4 is 23.7 Å². The molecule has 7 nitrogen and oxygen atoms in total. The van der Waals surface area contributed by atoms with E-state index in [4.69, 9.17) is 4.74 Å². The summed E-state index contributed by atoms with van der Waals surface area (Å²) in [5.74, 6) is -2.03. The van der Waals surface area contributed by atoms with E-state index < -0.39 is 29.6 Å². The topological polar surface area (TPSA) is 85.2 Å². The monoisotopic (exact) mass is 450 g/mol. The molecule has 0 spiro atoms. The molecule has 1 aromatic heterocycles. The van der Waals surface area contributed by atoms with Gasteiger partial charge in [0.05, 0.1) is 11.6 Å². The molecule has 32 heavy (non-hydrogen) atoms. The van der Waals surface area contributed by atoms with E-state index in [2.05, 4.69) is 22.3 Å². The molecule has 2 heterocycles. The van der Waals surface area contributed by atoms with Gasteiger partial charge in [-0.3, -0.25) is 9.59 Å². The van der Waals surface area contributed by atoms with Crippen LogP contribution >= 0.6 is 0 Å². The Hall–Kier alpha value is -3.30. The van der Waals surface area contributed by atoms with Crippen LogP contribution < -0.4 is 15.4 Å². The zero-order chi connectivity index (χ0) is 23.8. The fraction of sp³-hybridized carbons (Fsp3) is 0.409. The van der Waals surface area contributed by atoms with E-state index in [-0.39, 0.29) is 34.2 Å². The van der Waals surface area contributed by atoms with E-state index in [1.165, 1.54) is 18.2 Å². The quantitative estimate of drug-likeness (QED) is 0.716. The first-order valence-corrected chi connectivity index (χ1v) is 10.0. The number of amides is 2. The maximum absolute atomic E-state index is 13.7. The maximum Gasteiger partial charge on any atom is 0.505 e. The smallest absolute Gasteiger partial charge is 0.488 e. The summed E-state index contributed by atoms with van der Waals surface area (Å²) in [7, 11) is 0. The SMILES string of the molecule is C=Cc1cc(OC(C)(C)C)cc(-c2cc(NC(=O)[C@H]3CNC(=O)[C@@H]3C)nn2C(F)(F)F)c1. The number of hydrogen-bond acceptors (Lipinski definition) is 4. The molecule has 1 saturated heterocycles. The Labute approximate surface area is 183 Å². The Kier molecular flexibility index (Phi) is 6.08. The molecular weight excluding hydrogens is 425 g/mol. The fourth-order valence-electron chi connectivity index (χ4n) is 3.41. The van der Waals surface area contributed by atoms with Gasteiger partial charge in [0.1, 0.15) is 11.4 Å². The second kappa shape index (κ2) is 8.33. The van der Waals surface area contributed by atoms with Gasteiger partial charge in [0, 0.05) is 24.1 Å². The Morgan fingerprint density at radius 3 is 2.50 bits per heavy atom. The van der Waals surface area contributed by atoms with Gasteiger partial charge in [0.2, 0.25) is 11.8 Å². The molecule has 0 unspecified atom stereocenters. The minimum atomic E-state index is -4.83. The number of hydrogen-bond donors (Lipinski definition) is 2. The van der Waals surface area contributed by atoms with E-state index in [0.29, 0.717) is 11.3 Å². The van der Waals surface area contributed by atoms with Gasteiger partial charge in [-0.15, -0.1) is 18.3 Å². The molecule has 2 amide bonds. The van der Waals surface area contributed by atoms with Crippen LogP contribution in [-0.2, 0) is 15.9 Å². The molecule has 0 saturated carbocycles. The highest BCUT2D eigenvalue weighted by molar-refractivity contribution is 5.97. The van der Waals surface area contributed by atoms with Crippen LogP contribution in [0.15, 0.2) is 30.8 Å². The van der Waals surface area contributed by atoms with Crippen LogP contribution in [0.5, 0.6) is 5.75 Å². The first-order valence-electron chi connectivity index (χ1n) is 10.0. The predicted molar refractivity (Wildman–Crippen MR) is 114 cm³/mol. The van der Waals surface area contributed by atoms with Crippen molar-refractivity contribution < 1.29 is 27.5 Å². The highest BCUT2D eigenvalue weighted by Gasteiger charge is 2.38. The first kappa shape index (κ1) is 23.4. The molecule has 1 aliphatic heterocycles. The lowest BCUT2D eigenvalue weighted by atomic mass is 9.97. The predicted octanol–water partition coefficient (Wildman–Crippen LogP) is 4.17. The summed E-state index contributed by atoms with van der Waals surface area (Å²) in [6, 6.07) is 5.81. The molecule has 3 rings (SSSR count). The van der Waals surface area contributed by atoms with Crippen molar-refractivity contribution in [1.82, 2.24) is 15.1 Å². The summed E-state index contributed by atoms with van der Waals surface area (Å²) in [6.45, 7) is 10.9. The van der Waals surface area contributed by atoms with Crippen LogP contribution in [-0.4, -0.2) is 33.7 Å². The minimum Gasteiger partial charge on any atom is -0.488 e. The average molecular weight is 450 g/mol. The van der Waals surface area contributed by atoms with Crippen LogP contribution in [0.3, 0.4) is 0 Å². The summed E-state index contributed by atoms with van der Waals surface area (Å²) >= 11 is 0. The normalized spacial score (nSPS) is 18.9. The second-order valence-electron chi connectivity index (χ2n) is 8.63. The van der Waals surface area contributed by atoms with Gasteiger partial charge < -0.3 is 15.4 Å². The van der Waals surface area contributed by atoms with Crippen molar-refractivity contribution in [3.05, 3.63) is 36.4 Å². The highest BCUT2D eigenvalue weighted by atomic mass is 19.4. The van der Waals surface area contributed by atoms with Gasteiger partial charge in [-0.1, -0.05) is 19.6 Å². The molecule has 1 fully saturated rings. The Morgan fingerprint density at radius 2 is 1.97 bits per heavy atom. The number of aromatic nitrogens is 2. The lowest BCUT2D eigenvalue weighted by molar-refractivity contribution is -0.210. The van der Waals surface area contributed by atoms with Gasteiger partial charge in [-0.05, 0) is 44.5 Å². The largest absolute Gasteiger partial charge is 0.505 e. The number of rotatable bonds is 5. The van der Waals surface area contributed by atoms with E-state index in [9.17, 15) is 22.8 Å². The van der Waals surface area contributed by atoms with Crippen LogP contribution in [0.4, 0.5) is 19.0 Å². The van der Waals surface area contributed by atoms with Crippen molar-refractivity contribution in [2.45, 2.75) is 39.6 Å². The Bertz CT molecular complexity index is 1050. The van der Waals surface area contributed by atoms with Crippen molar-refractivity contribution in [1.29, 1.82) is 0 Å². The van der Waals surface area contributed by atoms with Crippen molar-refractivity contribution in [2.24, 2.45) is 11.8 Å². The number of nitrogens with one attached hydrogen (secondary N) is 2. The lowest BCUT2D eigenvalue weighted by Crippen LogP contribution is -2.28. The van der Waals surface area contributed by atoms with Crippen molar-refractivity contribution in [3.8, 4) is 17.0 Å². The molecule has 1 aromatic carbocycles. The number of ether oxygens (including phenoxy) is 1. The summed E-state index contributed by atoms with van der Waals surface area (Å²) in [4.78, 5) is 24.1. The van der Waals surface area contributed by atoms with Crippen LogP contribution in [0, 0.1) is 11.8 Å². The number of alkyl halides is 3. The molecule has 2 N–H and O–H groups in total. The van der Waals surface area contributed by atoms with E-state index >= 15 is 0 Å². The molecule has 0 radical (unpaired) electrons. The van der Waals surface area contributed by atoms with Gasteiger partial charge >= 0.3 is 6.30 Å².